The first kappa shape index (κ1) is 17.4. The lowest BCUT2D eigenvalue weighted by molar-refractivity contribution is 0.0695. The summed E-state index contributed by atoms with van der Waals surface area (Å²) in [5.74, 6) is -1.18. The van der Waals surface area contributed by atoms with Crippen LogP contribution in [0.25, 0.3) is 22.0 Å². The molecule has 1 saturated carbocycles. The van der Waals surface area contributed by atoms with E-state index in [4.69, 9.17) is 5.73 Å². The molecule has 3 aromatic rings. The van der Waals surface area contributed by atoms with Gasteiger partial charge < -0.3 is 15.4 Å². The van der Waals surface area contributed by atoms with Gasteiger partial charge in [-0.2, -0.15) is 0 Å². The van der Waals surface area contributed by atoms with E-state index < -0.39 is 11.4 Å². The van der Waals surface area contributed by atoms with Gasteiger partial charge in [0.15, 0.2) is 0 Å². The molecule has 1 aliphatic rings. The minimum atomic E-state index is -1.18. The number of aromatic nitrogens is 2. The fourth-order valence-electron chi connectivity index (χ4n) is 3.73. The zero-order valence-electron chi connectivity index (χ0n) is 15.3. The summed E-state index contributed by atoms with van der Waals surface area (Å²) in [4.78, 5) is 28.6. The molecule has 0 atom stereocenters. The number of nitrogens with two attached hydrogens (primary N) is 1. The molecule has 0 saturated heterocycles. The van der Waals surface area contributed by atoms with Crippen LogP contribution >= 0.6 is 0 Å². The van der Waals surface area contributed by atoms with Gasteiger partial charge in [0.05, 0.1) is 11.2 Å². The van der Waals surface area contributed by atoms with Crippen LogP contribution in [0.2, 0.25) is 0 Å². The minimum absolute atomic E-state index is 0.174. The standard InChI is InChI=1S/C21H21N3O3/c1-11-7-13(8-14(9-22)23-11)16-5-6-17-19(12(16)2)24(15-3-4-15)10-18(20(17)25)21(26)27/h5-8,10,15H,3-4,9,22H2,1-2H3,(H,26,27). The number of carbonyl (C=O) groups is 1. The average Bonchev–Trinajstić information content (AvgIpc) is 3.46. The Morgan fingerprint density at radius 1 is 1.30 bits per heavy atom. The average molecular weight is 363 g/mol. The number of nitrogens with zero attached hydrogens (tertiary/aromatic N) is 2. The number of hydrogen-bond acceptors (Lipinski definition) is 4. The lowest BCUT2D eigenvalue weighted by Gasteiger charge is -2.17. The van der Waals surface area contributed by atoms with Crippen LogP contribution in [0.1, 0.15) is 46.2 Å². The Labute approximate surface area is 156 Å². The third-order valence-corrected chi connectivity index (χ3v) is 5.14. The van der Waals surface area contributed by atoms with Crippen molar-refractivity contribution in [1.82, 2.24) is 9.55 Å². The minimum Gasteiger partial charge on any atom is -0.477 e. The maximum Gasteiger partial charge on any atom is 0.341 e. The Kier molecular flexibility index (Phi) is 4.08. The maximum absolute atomic E-state index is 12.7. The van der Waals surface area contributed by atoms with Crippen LogP contribution in [0, 0.1) is 13.8 Å². The molecule has 6 nitrogen and oxygen atoms in total. The van der Waals surface area contributed by atoms with Crippen molar-refractivity contribution in [3.05, 3.63) is 63.2 Å². The number of benzene rings is 1. The molecule has 0 spiro atoms. The smallest absolute Gasteiger partial charge is 0.341 e. The summed E-state index contributed by atoms with van der Waals surface area (Å²) < 4.78 is 1.97. The van der Waals surface area contributed by atoms with E-state index in [0.29, 0.717) is 11.9 Å². The first-order valence-corrected chi connectivity index (χ1v) is 9.00. The number of rotatable bonds is 4. The molecule has 0 aliphatic heterocycles. The van der Waals surface area contributed by atoms with Gasteiger partial charge in [0.1, 0.15) is 5.56 Å². The van der Waals surface area contributed by atoms with Crippen LogP contribution in [0.4, 0.5) is 0 Å². The van der Waals surface area contributed by atoms with E-state index in [1.54, 1.807) is 6.07 Å². The summed E-state index contributed by atoms with van der Waals surface area (Å²) in [7, 11) is 0. The highest BCUT2D eigenvalue weighted by molar-refractivity contribution is 5.95. The van der Waals surface area contributed by atoms with Gasteiger partial charge in [-0.1, -0.05) is 6.07 Å². The molecular formula is C21H21N3O3. The van der Waals surface area contributed by atoms with Crippen molar-refractivity contribution in [3.8, 4) is 11.1 Å². The van der Waals surface area contributed by atoms with Crippen molar-refractivity contribution < 1.29 is 9.90 Å². The molecule has 0 unspecified atom stereocenters. The monoisotopic (exact) mass is 363 g/mol. The molecule has 0 radical (unpaired) electrons. The van der Waals surface area contributed by atoms with Crippen molar-refractivity contribution >= 4 is 16.9 Å². The molecule has 1 aromatic carbocycles. The van der Waals surface area contributed by atoms with Gasteiger partial charge in [-0.3, -0.25) is 9.78 Å². The Balaban J connectivity index is 2.04. The number of aryl methyl sites for hydroxylation is 2. The molecule has 138 valence electrons. The van der Waals surface area contributed by atoms with E-state index in [9.17, 15) is 14.7 Å². The van der Waals surface area contributed by atoms with Crippen molar-refractivity contribution in [1.29, 1.82) is 0 Å². The number of carboxylic acid groups (broad SMARTS) is 1. The largest absolute Gasteiger partial charge is 0.477 e. The number of hydrogen-bond donors (Lipinski definition) is 2. The molecule has 2 heterocycles. The number of carboxylic acids is 1. The van der Waals surface area contributed by atoms with Gasteiger partial charge in [-0.25, -0.2) is 4.79 Å². The zero-order valence-corrected chi connectivity index (χ0v) is 15.3. The molecule has 1 fully saturated rings. The molecule has 1 aliphatic carbocycles. The van der Waals surface area contributed by atoms with Crippen molar-refractivity contribution in [2.24, 2.45) is 5.73 Å². The maximum atomic E-state index is 12.7. The van der Waals surface area contributed by atoms with Crippen LogP contribution < -0.4 is 11.2 Å². The lowest BCUT2D eigenvalue weighted by atomic mass is 9.96. The first-order valence-electron chi connectivity index (χ1n) is 9.00. The summed E-state index contributed by atoms with van der Waals surface area (Å²) >= 11 is 0. The molecule has 3 N–H and O–H groups in total. The molecule has 6 heteroatoms. The van der Waals surface area contributed by atoms with E-state index >= 15 is 0 Å². The Bertz CT molecular complexity index is 1140. The zero-order chi connectivity index (χ0) is 19.3. The van der Waals surface area contributed by atoms with Gasteiger partial charge >= 0.3 is 5.97 Å². The molecule has 2 aromatic heterocycles. The van der Waals surface area contributed by atoms with E-state index in [1.807, 2.05) is 36.6 Å². The highest BCUT2D eigenvalue weighted by atomic mass is 16.4. The predicted octanol–water partition coefficient (Wildman–Crippen LogP) is 3.17. The first-order chi connectivity index (χ1) is 12.9. The van der Waals surface area contributed by atoms with Crippen molar-refractivity contribution in [3.63, 3.8) is 0 Å². The van der Waals surface area contributed by atoms with Crippen LogP contribution in [-0.4, -0.2) is 20.6 Å². The summed E-state index contributed by atoms with van der Waals surface area (Å²) in [6.45, 7) is 4.27. The highest BCUT2D eigenvalue weighted by Gasteiger charge is 2.28. The van der Waals surface area contributed by atoms with Crippen LogP contribution in [0.5, 0.6) is 0 Å². The normalized spacial score (nSPS) is 13.9. The van der Waals surface area contributed by atoms with E-state index in [1.165, 1.54) is 6.20 Å². The Morgan fingerprint density at radius 3 is 2.67 bits per heavy atom. The summed E-state index contributed by atoms with van der Waals surface area (Å²) in [6, 6.07) is 7.84. The van der Waals surface area contributed by atoms with Gasteiger partial charge in [-0.15, -0.1) is 0 Å². The molecule has 0 amide bonds. The van der Waals surface area contributed by atoms with Crippen LogP contribution in [0.15, 0.2) is 35.3 Å². The van der Waals surface area contributed by atoms with Gasteiger partial charge in [0, 0.05) is 29.9 Å². The molecular weight excluding hydrogens is 342 g/mol. The molecule has 4 rings (SSSR count). The Morgan fingerprint density at radius 2 is 2.04 bits per heavy atom. The van der Waals surface area contributed by atoms with Crippen LogP contribution in [0.3, 0.4) is 0 Å². The highest BCUT2D eigenvalue weighted by Crippen LogP contribution is 2.39. The molecule has 0 bridgehead atoms. The van der Waals surface area contributed by atoms with Crippen LogP contribution in [-0.2, 0) is 6.54 Å². The number of aromatic carboxylic acids is 1. The fourth-order valence-corrected chi connectivity index (χ4v) is 3.73. The van der Waals surface area contributed by atoms with E-state index in [2.05, 4.69) is 4.98 Å². The second-order valence-corrected chi connectivity index (χ2v) is 7.14. The SMILES string of the molecule is Cc1cc(-c2ccc3c(=O)c(C(=O)O)cn(C4CC4)c3c2C)cc(CN)n1. The lowest BCUT2D eigenvalue weighted by Crippen LogP contribution is -2.19. The number of pyridine rings is 2. The third-order valence-electron chi connectivity index (χ3n) is 5.14. The second-order valence-electron chi connectivity index (χ2n) is 7.14. The van der Waals surface area contributed by atoms with E-state index in [-0.39, 0.29) is 11.6 Å². The third kappa shape index (κ3) is 2.92. The summed E-state index contributed by atoms with van der Waals surface area (Å²) in [6.07, 6.45) is 3.49. The van der Waals surface area contributed by atoms with Crippen molar-refractivity contribution in [2.45, 2.75) is 39.3 Å². The summed E-state index contributed by atoms with van der Waals surface area (Å²) in [5.41, 5.74) is 10.6. The van der Waals surface area contributed by atoms with Crippen molar-refractivity contribution in [2.75, 3.05) is 0 Å². The van der Waals surface area contributed by atoms with E-state index in [0.717, 1.165) is 46.4 Å². The number of fused-ring (bicyclic) bond motifs is 1. The fraction of sp³-hybridized carbons (Fsp3) is 0.286. The molecule has 27 heavy (non-hydrogen) atoms. The topological polar surface area (TPSA) is 98.2 Å². The predicted molar refractivity (Wildman–Crippen MR) is 104 cm³/mol. The quantitative estimate of drug-likeness (QED) is 0.742. The van der Waals surface area contributed by atoms with Gasteiger partial charge in [-0.05, 0) is 61.6 Å². The van der Waals surface area contributed by atoms with Gasteiger partial charge in [0.25, 0.3) is 0 Å². The second kappa shape index (κ2) is 6.32. The Hall–Kier alpha value is -2.99. The summed E-state index contributed by atoms with van der Waals surface area (Å²) in [5, 5.41) is 9.86. The van der Waals surface area contributed by atoms with Gasteiger partial charge in [0.2, 0.25) is 5.43 Å².